The van der Waals surface area contributed by atoms with Crippen molar-refractivity contribution in [2.75, 3.05) is 0 Å². The Labute approximate surface area is 304 Å². The van der Waals surface area contributed by atoms with E-state index < -0.39 is 21.3 Å². The highest BCUT2D eigenvalue weighted by atomic mass is 28.2. The van der Waals surface area contributed by atoms with Gasteiger partial charge in [0.1, 0.15) is 30.2 Å². The van der Waals surface area contributed by atoms with Gasteiger partial charge in [-0.3, -0.25) is 0 Å². The van der Waals surface area contributed by atoms with E-state index in [-0.39, 0.29) is 0 Å². The summed E-state index contributed by atoms with van der Waals surface area (Å²) in [5, 5.41) is 1.47. The van der Waals surface area contributed by atoms with E-state index in [2.05, 4.69) is 211 Å². The Bertz CT molecular complexity index is 1750. The van der Waals surface area contributed by atoms with Crippen LogP contribution in [0.2, 0.25) is 0 Å². The summed E-state index contributed by atoms with van der Waals surface area (Å²) in [6.07, 6.45) is 0. The zero-order valence-corrected chi connectivity index (χ0v) is 32.0. The van der Waals surface area contributed by atoms with Gasteiger partial charge in [-0.1, -0.05) is 191 Å². The number of aryl methyl sites for hydroxylation is 2. The Morgan fingerprint density at radius 2 is 0.580 bits per heavy atom. The monoisotopic (exact) mass is 686 g/mol. The van der Waals surface area contributed by atoms with Crippen molar-refractivity contribution in [2.24, 2.45) is 0 Å². The lowest BCUT2D eigenvalue weighted by Crippen LogP contribution is -2.61. The molecule has 6 aromatic rings. The molecule has 0 atom stereocenters. The Kier molecular flexibility index (Phi) is 10.6. The van der Waals surface area contributed by atoms with E-state index in [0.29, 0.717) is 19.0 Å². The van der Waals surface area contributed by atoms with Gasteiger partial charge in [0, 0.05) is 10.1 Å². The van der Waals surface area contributed by atoms with Crippen LogP contribution in [-0.4, -0.2) is 30.2 Å². The fraction of sp³-hybridized carbons (Fsp3) is 0.217. The molecule has 0 fully saturated rings. The molecular formula is C46H46O2Si2. The van der Waals surface area contributed by atoms with Crippen LogP contribution >= 0.6 is 0 Å². The maximum absolute atomic E-state index is 7.11. The van der Waals surface area contributed by atoms with Crippen LogP contribution in [0.4, 0.5) is 0 Å². The van der Waals surface area contributed by atoms with Gasteiger partial charge in [-0.2, -0.15) is 0 Å². The Balaban J connectivity index is 1.52. The van der Waals surface area contributed by atoms with Crippen molar-refractivity contribution in [3.63, 3.8) is 0 Å². The summed E-state index contributed by atoms with van der Waals surface area (Å²) in [6.45, 7) is 13.2. The smallest absolute Gasteiger partial charge is 0.109 e. The third-order valence-corrected chi connectivity index (χ3v) is 14.8. The molecule has 6 aromatic carbocycles. The second-order valence-corrected chi connectivity index (χ2v) is 17.1. The van der Waals surface area contributed by atoms with E-state index in [1.165, 1.54) is 43.8 Å². The highest BCUT2D eigenvalue weighted by Gasteiger charge is 2.55. The van der Waals surface area contributed by atoms with Crippen molar-refractivity contribution >= 4 is 29.4 Å². The van der Waals surface area contributed by atoms with Gasteiger partial charge in [-0.25, -0.2) is 9.78 Å². The average Bonchev–Trinajstić information content (AvgIpc) is 3.15. The van der Waals surface area contributed by atoms with E-state index in [4.69, 9.17) is 9.78 Å². The topological polar surface area (TPSA) is 18.5 Å². The van der Waals surface area contributed by atoms with E-state index in [1.807, 2.05) is 0 Å². The predicted molar refractivity (Wildman–Crippen MR) is 211 cm³/mol. The van der Waals surface area contributed by atoms with Crippen molar-refractivity contribution < 1.29 is 9.78 Å². The van der Waals surface area contributed by atoms with Crippen LogP contribution in [0.25, 0.3) is 0 Å². The summed E-state index contributed by atoms with van der Waals surface area (Å²) in [5.74, 6) is 0. The predicted octanol–water partition coefficient (Wildman–Crippen LogP) is 9.06. The highest BCUT2D eigenvalue weighted by molar-refractivity contribution is 6.59. The number of rotatable bonds is 13. The standard InChI is InChI=1S/C46H46O2Si2/c1-35-23-19-21-33-41(35)49-45(37-25-11-7-12-26-37,38-27-13-8-14-28-38)43(3,4)47-48-44(5,6)46(39-29-15-9-16-30-39,40-31-17-10-18-32-40)50-42-34-22-20-24-36(42)2/h7-34H,1-6H3. The van der Waals surface area contributed by atoms with Gasteiger partial charge in [0.05, 0.1) is 0 Å². The normalized spacial score (nSPS) is 12.5. The zero-order valence-electron chi connectivity index (χ0n) is 30.0. The minimum atomic E-state index is -0.821. The Morgan fingerprint density at radius 1 is 0.340 bits per heavy atom. The first-order chi connectivity index (χ1) is 24.1. The molecule has 50 heavy (non-hydrogen) atoms. The molecule has 0 aliphatic rings. The minimum absolute atomic E-state index is 0.369. The third-order valence-electron chi connectivity index (χ3n) is 10.0. The first kappa shape index (κ1) is 35.5. The van der Waals surface area contributed by atoms with Crippen molar-refractivity contribution in [3.8, 4) is 0 Å². The SMILES string of the molecule is Cc1ccccc1[Si]C(c1ccccc1)(c1ccccc1)C(C)(C)OOC(C)(C)C([Si]c1ccccc1C)(c1ccccc1)c1ccccc1. The molecule has 0 N–H and O–H groups in total. The van der Waals surface area contributed by atoms with E-state index in [1.54, 1.807) is 0 Å². The van der Waals surface area contributed by atoms with Crippen LogP contribution in [0.5, 0.6) is 0 Å². The van der Waals surface area contributed by atoms with Crippen molar-refractivity contribution in [2.45, 2.75) is 62.8 Å². The number of hydrogen-bond donors (Lipinski definition) is 0. The fourth-order valence-electron chi connectivity index (χ4n) is 7.23. The van der Waals surface area contributed by atoms with Gasteiger partial charge in [0.2, 0.25) is 0 Å². The molecule has 0 aromatic heterocycles. The maximum Gasteiger partial charge on any atom is 0.109 e. The summed E-state index contributed by atoms with van der Waals surface area (Å²) in [5.41, 5.74) is 5.67. The molecule has 0 spiro atoms. The number of benzene rings is 6. The van der Waals surface area contributed by atoms with E-state index >= 15 is 0 Å². The first-order valence-corrected chi connectivity index (χ1v) is 19.4. The lowest BCUT2D eigenvalue weighted by atomic mass is 9.77. The highest BCUT2D eigenvalue weighted by Crippen LogP contribution is 2.47. The quantitative estimate of drug-likeness (QED) is 0.0686. The van der Waals surface area contributed by atoms with Crippen LogP contribution < -0.4 is 10.4 Å². The second kappa shape index (κ2) is 14.9. The van der Waals surface area contributed by atoms with E-state index in [9.17, 15) is 0 Å². The lowest BCUT2D eigenvalue weighted by Gasteiger charge is -2.51. The lowest BCUT2D eigenvalue weighted by molar-refractivity contribution is -0.411. The second-order valence-electron chi connectivity index (χ2n) is 14.0. The first-order valence-electron chi connectivity index (χ1n) is 17.4. The summed E-state index contributed by atoms with van der Waals surface area (Å²) in [4.78, 5) is 14.2. The molecule has 0 bridgehead atoms. The van der Waals surface area contributed by atoms with E-state index in [0.717, 1.165) is 0 Å². The largest absolute Gasteiger partial charge is 0.229 e. The Hall–Kier alpha value is -4.33. The molecule has 0 saturated carbocycles. The molecule has 0 amide bonds. The van der Waals surface area contributed by atoms with Crippen LogP contribution in [0.15, 0.2) is 170 Å². The maximum atomic E-state index is 7.11. The molecule has 6 rings (SSSR count). The van der Waals surface area contributed by atoms with Gasteiger partial charge in [-0.15, -0.1) is 0 Å². The third kappa shape index (κ3) is 6.73. The molecule has 0 unspecified atom stereocenters. The van der Waals surface area contributed by atoms with Crippen LogP contribution in [0, 0.1) is 13.8 Å². The average molecular weight is 687 g/mol. The van der Waals surface area contributed by atoms with Gasteiger partial charge < -0.3 is 0 Å². The van der Waals surface area contributed by atoms with Crippen LogP contribution in [0.3, 0.4) is 0 Å². The molecule has 250 valence electrons. The molecule has 0 aliphatic heterocycles. The molecule has 2 nitrogen and oxygen atoms in total. The fourth-order valence-corrected chi connectivity index (χ4v) is 10.9. The van der Waals surface area contributed by atoms with Gasteiger partial charge in [0.25, 0.3) is 0 Å². The summed E-state index contributed by atoms with van der Waals surface area (Å²) in [7, 11) is 0.739. The van der Waals surface area contributed by atoms with Crippen molar-refractivity contribution in [3.05, 3.63) is 203 Å². The van der Waals surface area contributed by atoms with Crippen LogP contribution in [0.1, 0.15) is 61.1 Å². The van der Waals surface area contributed by atoms with Crippen molar-refractivity contribution in [1.29, 1.82) is 0 Å². The number of hydrogen-bond acceptors (Lipinski definition) is 2. The van der Waals surface area contributed by atoms with Gasteiger partial charge >= 0.3 is 0 Å². The van der Waals surface area contributed by atoms with Gasteiger partial charge in [0.15, 0.2) is 0 Å². The van der Waals surface area contributed by atoms with Gasteiger partial charge in [-0.05, 0) is 63.8 Å². The molecule has 0 saturated heterocycles. The minimum Gasteiger partial charge on any atom is -0.229 e. The molecule has 4 radical (unpaired) electrons. The Morgan fingerprint density at radius 3 is 0.840 bits per heavy atom. The summed E-state index contributed by atoms with van der Waals surface area (Å²) >= 11 is 0. The molecule has 4 heteroatoms. The van der Waals surface area contributed by atoms with Crippen LogP contribution in [-0.2, 0) is 19.9 Å². The zero-order chi connectivity index (χ0) is 35.2. The summed E-state index contributed by atoms with van der Waals surface area (Å²) in [6, 6.07) is 60.8. The summed E-state index contributed by atoms with van der Waals surface area (Å²) < 4.78 is 0. The molecule has 0 heterocycles. The molecule has 0 aliphatic carbocycles. The molecular weight excluding hydrogens is 641 g/mol. The van der Waals surface area contributed by atoms with Crippen molar-refractivity contribution in [1.82, 2.24) is 0 Å².